The van der Waals surface area contributed by atoms with Gasteiger partial charge in [-0.25, -0.2) is 5.43 Å². The largest absolute Gasteiger partial charge is 0.507 e. The molecule has 6 nitrogen and oxygen atoms in total. The highest BCUT2D eigenvalue weighted by Crippen LogP contribution is 2.23. The summed E-state index contributed by atoms with van der Waals surface area (Å²) in [7, 11) is 0. The van der Waals surface area contributed by atoms with E-state index >= 15 is 0 Å². The molecule has 2 rings (SSSR count). The monoisotopic (exact) mass is 389 g/mol. The van der Waals surface area contributed by atoms with Gasteiger partial charge in [0.2, 0.25) is 11.8 Å². The van der Waals surface area contributed by atoms with E-state index in [0.29, 0.717) is 15.7 Å². The van der Waals surface area contributed by atoms with Crippen molar-refractivity contribution in [2.24, 2.45) is 5.10 Å². The number of aromatic hydroxyl groups is 1. The fraction of sp³-hybridized carbons (Fsp3) is 0.118. The summed E-state index contributed by atoms with van der Waals surface area (Å²) in [6.07, 6.45) is 1.09. The number of carbonyl (C=O) groups is 2. The number of hydrogen-bond acceptors (Lipinski definition) is 4. The minimum absolute atomic E-state index is 0.115. The molecule has 2 amide bonds. The van der Waals surface area contributed by atoms with E-state index in [9.17, 15) is 14.7 Å². The summed E-state index contributed by atoms with van der Waals surface area (Å²) in [4.78, 5) is 23.5. The molecule has 0 bridgehead atoms. The van der Waals surface area contributed by atoms with Gasteiger partial charge in [-0.15, -0.1) is 0 Å². The lowest BCUT2D eigenvalue weighted by Crippen LogP contribution is -2.24. The highest BCUT2D eigenvalue weighted by Gasteiger charge is 2.09. The highest BCUT2D eigenvalue weighted by molar-refractivity contribution is 9.10. The Bertz CT molecular complexity index is 790. The summed E-state index contributed by atoms with van der Waals surface area (Å²) >= 11 is 3.19. The average molecular weight is 390 g/mol. The van der Waals surface area contributed by atoms with Crippen LogP contribution in [-0.2, 0) is 9.59 Å². The molecule has 0 unspecified atom stereocenters. The Morgan fingerprint density at radius 3 is 2.67 bits per heavy atom. The number of nitrogens with zero attached hydrogens (tertiary/aromatic N) is 1. The molecule has 7 heteroatoms. The fourth-order valence-corrected chi connectivity index (χ4v) is 2.27. The number of aryl methyl sites for hydroxylation is 1. The number of hydrazone groups is 1. The molecule has 24 heavy (non-hydrogen) atoms. The van der Waals surface area contributed by atoms with Crippen LogP contribution in [0.1, 0.15) is 17.5 Å². The van der Waals surface area contributed by atoms with Crippen LogP contribution in [0.25, 0.3) is 0 Å². The quantitative estimate of drug-likeness (QED) is 0.417. The summed E-state index contributed by atoms with van der Waals surface area (Å²) in [6.45, 7) is 1.87. The summed E-state index contributed by atoms with van der Waals surface area (Å²) < 4.78 is 0.524. The van der Waals surface area contributed by atoms with Crippen molar-refractivity contribution in [2.45, 2.75) is 13.3 Å². The standard InChI is InChI=1S/C17H16BrN3O3/c1-11-4-2-3-5-14(11)20-16(23)9-17(24)21-19-10-12-6-7-15(22)13(18)8-12/h2-8,10,22H,9H2,1H3,(H,20,23)(H,21,24). The zero-order valence-electron chi connectivity index (χ0n) is 12.9. The summed E-state index contributed by atoms with van der Waals surface area (Å²) in [5, 5.41) is 15.9. The van der Waals surface area contributed by atoms with Crippen molar-refractivity contribution in [3.8, 4) is 5.75 Å². The summed E-state index contributed by atoms with van der Waals surface area (Å²) in [6, 6.07) is 12.1. The predicted molar refractivity (Wildman–Crippen MR) is 96.0 cm³/mol. The molecule has 2 aromatic carbocycles. The number of phenols is 1. The van der Waals surface area contributed by atoms with Gasteiger partial charge in [0.15, 0.2) is 0 Å². The number of carbonyl (C=O) groups excluding carboxylic acids is 2. The number of anilines is 1. The fourth-order valence-electron chi connectivity index (χ4n) is 1.88. The first-order chi connectivity index (χ1) is 11.5. The van der Waals surface area contributed by atoms with E-state index in [4.69, 9.17) is 0 Å². The second-order valence-electron chi connectivity index (χ2n) is 5.04. The lowest BCUT2D eigenvalue weighted by atomic mass is 10.2. The van der Waals surface area contributed by atoms with E-state index in [1.54, 1.807) is 18.2 Å². The molecule has 0 aromatic heterocycles. The van der Waals surface area contributed by atoms with Crippen LogP contribution in [0.3, 0.4) is 0 Å². The van der Waals surface area contributed by atoms with E-state index < -0.39 is 11.8 Å². The van der Waals surface area contributed by atoms with Crippen LogP contribution < -0.4 is 10.7 Å². The second kappa shape index (κ2) is 8.26. The van der Waals surface area contributed by atoms with Gasteiger partial charge < -0.3 is 10.4 Å². The maximum absolute atomic E-state index is 11.8. The van der Waals surface area contributed by atoms with Crippen LogP contribution in [0.15, 0.2) is 52.0 Å². The molecule has 0 radical (unpaired) electrons. The van der Waals surface area contributed by atoms with Crippen molar-refractivity contribution in [1.29, 1.82) is 0 Å². The Hall–Kier alpha value is -2.67. The molecule has 124 valence electrons. The molecule has 0 saturated heterocycles. The molecule has 2 aromatic rings. The Kier molecular flexibility index (Phi) is 6.08. The van der Waals surface area contributed by atoms with E-state index in [1.165, 1.54) is 12.3 Å². The van der Waals surface area contributed by atoms with Gasteiger partial charge in [-0.1, -0.05) is 18.2 Å². The van der Waals surface area contributed by atoms with Crippen molar-refractivity contribution < 1.29 is 14.7 Å². The maximum Gasteiger partial charge on any atom is 0.249 e. The number of nitrogens with one attached hydrogen (secondary N) is 2. The van der Waals surface area contributed by atoms with Crippen molar-refractivity contribution in [1.82, 2.24) is 5.43 Å². The van der Waals surface area contributed by atoms with E-state index in [1.807, 2.05) is 25.1 Å². The molecule has 0 aliphatic rings. The van der Waals surface area contributed by atoms with Crippen LogP contribution in [0.4, 0.5) is 5.69 Å². The topological polar surface area (TPSA) is 90.8 Å². The van der Waals surface area contributed by atoms with Gasteiger partial charge in [0.1, 0.15) is 12.2 Å². The zero-order chi connectivity index (χ0) is 17.5. The number of hydrogen-bond donors (Lipinski definition) is 3. The molecule has 0 aliphatic carbocycles. The number of benzene rings is 2. The first-order valence-corrected chi connectivity index (χ1v) is 7.91. The van der Waals surface area contributed by atoms with Crippen LogP contribution in [0.5, 0.6) is 5.75 Å². The molecule has 0 heterocycles. The van der Waals surface area contributed by atoms with E-state index in [2.05, 4.69) is 31.8 Å². The maximum atomic E-state index is 11.8. The first-order valence-electron chi connectivity index (χ1n) is 7.11. The Morgan fingerprint density at radius 2 is 1.96 bits per heavy atom. The van der Waals surface area contributed by atoms with Gasteiger partial charge in [0.05, 0.1) is 10.7 Å². The van der Waals surface area contributed by atoms with E-state index in [0.717, 1.165) is 5.56 Å². The number of amides is 2. The van der Waals surface area contributed by atoms with Crippen LogP contribution in [0.2, 0.25) is 0 Å². The summed E-state index contributed by atoms with van der Waals surface area (Å²) in [5.74, 6) is -0.816. The first kappa shape index (κ1) is 17.7. The third kappa shape index (κ3) is 5.20. The molecule has 0 fully saturated rings. The van der Waals surface area contributed by atoms with Gasteiger partial charge in [0, 0.05) is 5.69 Å². The number of rotatable bonds is 5. The van der Waals surface area contributed by atoms with Gasteiger partial charge in [-0.3, -0.25) is 9.59 Å². The lowest BCUT2D eigenvalue weighted by molar-refractivity contribution is -0.126. The Morgan fingerprint density at radius 1 is 1.21 bits per heavy atom. The number of para-hydroxylation sites is 1. The smallest absolute Gasteiger partial charge is 0.249 e. The van der Waals surface area contributed by atoms with Crippen molar-refractivity contribution in [2.75, 3.05) is 5.32 Å². The molecular formula is C17H16BrN3O3. The summed E-state index contributed by atoms with van der Waals surface area (Å²) in [5.41, 5.74) is 4.57. The van der Waals surface area contributed by atoms with Crippen LogP contribution in [-0.4, -0.2) is 23.1 Å². The minimum Gasteiger partial charge on any atom is -0.507 e. The normalized spacial score (nSPS) is 10.6. The zero-order valence-corrected chi connectivity index (χ0v) is 14.5. The van der Waals surface area contributed by atoms with Gasteiger partial charge >= 0.3 is 0 Å². The third-order valence-corrected chi connectivity index (χ3v) is 3.75. The Labute approximate surface area is 147 Å². The van der Waals surface area contributed by atoms with Crippen LogP contribution in [0, 0.1) is 6.92 Å². The van der Waals surface area contributed by atoms with Crippen molar-refractivity contribution in [3.05, 3.63) is 58.1 Å². The average Bonchev–Trinajstić information content (AvgIpc) is 2.53. The minimum atomic E-state index is -0.518. The van der Waals surface area contributed by atoms with Crippen LogP contribution >= 0.6 is 15.9 Å². The van der Waals surface area contributed by atoms with Gasteiger partial charge in [-0.05, 0) is 58.2 Å². The highest BCUT2D eigenvalue weighted by atomic mass is 79.9. The van der Waals surface area contributed by atoms with Crippen molar-refractivity contribution >= 4 is 39.6 Å². The second-order valence-corrected chi connectivity index (χ2v) is 5.90. The molecule has 0 aliphatic heterocycles. The SMILES string of the molecule is Cc1ccccc1NC(=O)CC(=O)NN=Cc1ccc(O)c(Br)c1. The molecule has 0 spiro atoms. The lowest BCUT2D eigenvalue weighted by Gasteiger charge is -2.07. The third-order valence-electron chi connectivity index (χ3n) is 3.11. The van der Waals surface area contributed by atoms with Gasteiger partial charge in [0.25, 0.3) is 0 Å². The predicted octanol–water partition coefficient (Wildman–Crippen LogP) is 2.94. The molecular weight excluding hydrogens is 374 g/mol. The van der Waals surface area contributed by atoms with Gasteiger partial charge in [-0.2, -0.15) is 5.10 Å². The molecule has 0 saturated carbocycles. The molecule has 0 atom stereocenters. The van der Waals surface area contributed by atoms with E-state index in [-0.39, 0.29) is 12.2 Å². The van der Waals surface area contributed by atoms with Crippen molar-refractivity contribution in [3.63, 3.8) is 0 Å². The number of halogens is 1. The molecule has 3 N–H and O–H groups in total. The Balaban J connectivity index is 1.84. The number of phenolic OH excluding ortho intramolecular Hbond substituents is 1.